The largest absolute Gasteiger partial charge is 0.298 e. The molecule has 1 heterocycles. The summed E-state index contributed by atoms with van der Waals surface area (Å²) < 4.78 is 13.9. The lowest BCUT2D eigenvalue weighted by Gasteiger charge is -2.05. The van der Waals surface area contributed by atoms with Crippen LogP contribution < -0.4 is 5.32 Å². The van der Waals surface area contributed by atoms with Crippen molar-refractivity contribution in [1.82, 2.24) is 4.98 Å². The molecule has 3 rings (SSSR count). The zero-order valence-corrected chi connectivity index (χ0v) is 15.5. The number of nitro groups is 1. The summed E-state index contributed by atoms with van der Waals surface area (Å²) in [5.41, 5.74) is 1.65. The minimum Gasteiger partial charge on any atom is -0.298 e. The molecule has 6 nitrogen and oxygen atoms in total. The van der Waals surface area contributed by atoms with Gasteiger partial charge in [0.15, 0.2) is 5.13 Å². The smallest absolute Gasteiger partial charge is 0.273 e. The number of hydrogen-bond donors (Lipinski definition) is 1. The molecular formula is C19H16FN3O3S. The van der Waals surface area contributed by atoms with Crippen LogP contribution in [0.25, 0.3) is 0 Å². The van der Waals surface area contributed by atoms with Crippen molar-refractivity contribution in [2.75, 3.05) is 5.32 Å². The van der Waals surface area contributed by atoms with Crippen LogP contribution in [0, 0.1) is 29.8 Å². The lowest BCUT2D eigenvalue weighted by atomic mass is 10.1. The third kappa shape index (κ3) is 4.01. The first kappa shape index (κ1) is 18.7. The summed E-state index contributed by atoms with van der Waals surface area (Å²) in [6, 6.07) is 10.9. The predicted octanol–water partition coefficient (Wildman–Crippen LogP) is 4.65. The Bertz CT molecular complexity index is 1030. The topological polar surface area (TPSA) is 85.1 Å². The number of benzene rings is 2. The number of nitro benzene ring substituents is 1. The van der Waals surface area contributed by atoms with Gasteiger partial charge in [0.05, 0.1) is 10.6 Å². The summed E-state index contributed by atoms with van der Waals surface area (Å²) in [4.78, 5) is 28.2. The van der Waals surface area contributed by atoms with Crippen molar-refractivity contribution in [3.05, 3.63) is 85.7 Å². The van der Waals surface area contributed by atoms with E-state index < -0.39 is 10.8 Å². The first-order valence-corrected chi connectivity index (χ1v) is 8.93. The first-order chi connectivity index (χ1) is 12.9. The van der Waals surface area contributed by atoms with E-state index in [0.717, 1.165) is 4.88 Å². The number of aromatic nitrogens is 1. The molecule has 1 aromatic heterocycles. The van der Waals surface area contributed by atoms with Crippen molar-refractivity contribution < 1.29 is 14.1 Å². The molecule has 0 fully saturated rings. The number of anilines is 1. The first-order valence-electron chi connectivity index (χ1n) is 8.12. The molecule has 27 heavy (non-hydrogen) atoms. The third-order valence-electron chi connectivity index (χ3n) is 4.17. The molecule has 0 aliphatic heterocycles. The number of nitrogens with one attached hydrogen (secondary N) is 1. The summed E-state index contributed by atoms with van der Waals surface area (Å²) >= 11 is 1.26. The standard InChI is InChI=1S/C19H16FN3O3S/c1-11-14(7-5-9-16(11)23(25)26)18(24)22-19-21-12(2)17(27-19)10-13-6-3-4-8-15(13)20/h3-9H,10H2,1-2H3,(H,21,22,24). The van der Waals surface area contributed by atoms with Gasteiger partial charge in [-0.3, -0.25) is 20.2 Å². The zero-order chi connectivity index (χ0) is 19.6. The van der Waals surface area contributed by atoms with Crippen LogP contribution in [0.2, 0.25) is 0 Å². The Morgan fingerprint density at radius 1 is 1.22 bits per heavy atom. The minimum atomic E-state index is -0.522. The molecule has 1 N–H and O–H groups in total. The predicted molar refractivity (Wildman–Crippen MR) is 102 cm³/mol. The molecule has 0 spiro atoms. The van der Waals surface area contributed by atoms with Gasteiger partial charge >= 0.3 is 0 Å². The number of amides is 1. The summed E-state index contributed by atoms with van der Waals surface area (Å²) in [5.74, 6) is -0.759. The van der Waals surface area contributed by atoms with E-state index in [2.05, 4.69) is 10.3 Å². The van der Waals surface area contributed by atoms with Crippen molar-refractivity contribution in [2.24, 2.45) is 0 Å². The molecule has 0 unspecified atom stereocenters. The van der Waals surface area contributed by atoms with Gasteiger partial charge in [0.25, 0.3) is 11.6 Å². The number of aryl methyl sites for hydroxylation is 1. The van der Waals surface area contributed by atoms with Crippen LogP contribution in [0.5, 0.6) is 0 Å². The van der Waals surface area contributed by atoms with Gasteiger partial charge in [0.1, 0.15) is 5.82 Å². The maximum absolute atomic E-state index is 13.9. The van der Waals surface area contributed by atoms with Gasteiger partial charge in [-0.05, 0) is 31.5 Å². The van der Waals surface area contributed by atoms with Crippen LogP contribution in [-0.4, -0.2) is 15.8 Å². The van der Waals surface area contributed by atoms with Gasteiger partial charge in [-0.15, -0.1) is 11.3 Å². The fourth-order valence-corrected chi connectivity index (χ4v) is 3.67. The van der Waals surface area contributed by atoms with Gasteiger partial charge in [-0.2, -0.15) is 0 Å². The van der Waals surface area contributed by atoms with Crippen molar-refractivity contribution >= 4 is 28.1 Å². The highest BCUT2D eigenvalue weighted by Crippen LogP contribution is 2.27. The molecule has 1 amide bonds. The molecule has 138 valence electrons. The van der Waals surface area contributed by atoms with E-state index >= 15 is 0 Å². The molecule has 0 radical (unpaired) electrons. The number of hydrogen-bond acceptors (Lipinski definition) is 5. The fourth-order valence-electron chi connectivity index (χ4n) is 2.69. The molecule has 0 atom stereocenters. The van der Waals surface area contributed by atoms with Crippen LogP contribution in [0.15, 0.2) is 42.5 Å². The number of nitrogens with zero attached hydrogens (tertiary/aromatic N) is 2. The molecule has 0 aliphatic carbocycles. The highest BCUT2D eigenvalue weighted by molar-refractivity contribution is 7.15. The van der Waals surface area contributed by atoms with Crippen LogP contribution >= 0.6 is 11.3 Å². The molecule has 0 bridgehead atoms. The minimum absolute atomic E-state index is 0.113. The molecule has 0 saturated carbocycles. The number of carbonyl (C=O) groups is 1. The van der Waals surface area contributed by atoms with Crippen LogP contribution in [0.3, 0.4) is 0 Å². The maximum atomic E-state index is 13.9. The van der Waals surface area contributed by atoms with E-state index in [4.69, 9.17) is 0 Å². The number of rotatable bonds is 5. The average molecular weight is 385 g/mol. The van der Waals surface area contributed by atoms with Gasteiger partial charge in [0, 0.05) is 28.5 Å². The van der Waals surface area contributed by atoms with Crippen molar-refractivity contribution in [3.63, 3.8) is 0 Å². The van der Waals surface area contributed by atoms with E-state index in [-0.39, 0.29) is 17.1 Å². The normalized spacial score (nSPS) is 10.6. The summed E-state index contributed by atoms with van der Waals surface area (Å²) in [7, 11) is 0. The summed E-state index contributed by atoms with van der Waals surface area (Å²) in [6.07, 6.45) is 0.377. The molecular weight excluding hydrogens is 369 g/mol. The van der Waals surface area contributed by atoms with E-state index in [1.54, 1.807) is 25.1 Å². The Kier molecular flexibility index (Phi) is 5.27. The Morgan fingerprint density at radius 3 is 2.67 bits per heavy atom. The van der Waals surface area contributed by atoms with Gasteiger partial charge in [0.2, 0.25) is 0 Å². The summed E-state index contributed by atoms with van der Waals surface area (Å²) in [5, 5.41) is 14.1. The van der Waals surface area contributed by atoms with Gasteiger partial charge in [-0.25, -0.2) is 9.37 Å². The Morgan fingerprint density at radius 2 is 1.96 bits per heavy atom. The van der Waals surface area contributed by atoms with Crippen LogP contribution in [0.1, 0.15) is 32.1 Å². The number of carbonyl (C=O) groups excluding carboxylic acids is 1. The van der Waals surface area contributed by atoms with Crippen LogP contribution in [-0.2, 0) is 6.42 Å². The average Bonchev–Trinajstić information content (AvgIpc) is 2.95. The molecule has 3 aromatic rings. The van der Waals surface area contributed by atoms with Crippen molar-refractivity contribution in [2.45, 2.75) is 20.3 Å². The highest BCUT2D eigenvalue weighted by Gasteiger charge is 2.19. The maximum Gasteiger partial charge on any atom is 0.273 e. The van der Waals surface area contributed by atoms with Gasteiger partial charge < -0.3 is 0 Å². The SMILES string of the molecule is Cc1nc(NC(=O)c2cccc([N+](=O)[O-])c2C)sc1Cc1ccccc1F. The lowest BCUT2D eigenvalue weighted by molar-refractivity contribution is -0.385. The monoisotopic (exact) mass is 385 g/mol. The molecule has 0 saturated heterocycles. The number of thiazole rings is 1. The van der Waals surface area contributed by atoms with E-state index in [1.807, 2.05) is 0 Å². The fraction of sp³-hybridized carbons (Fsp3) is 0.158. The lowest BCUT2D eigenvalue weighted by Crippen LogP contribution is -2.14. The molecule has 2 aromatic carbocycles. The quantitative estimate of drug-likeness (QED) is 0.512. The van der Waals surface area contributed by atoms with E-state index in [9.17, 15) is 19.3 Å². The second kappa shape index (κ2) is 7.63. The van der Waals surface area contributed by atoms with E-state index in [0.29, 0.717) is 28.4 Å². The summed E-state index contributed by atoms with van der Waals surface area (Å²) in [6.45, 7) is 3.32. The number of halogens is 1. The second-order valence-corrected chi connectivity index (χ2v) is 7.04. The van der Waals surface area contributed by atoms with Crippen molar-refractivity contribution in [1.29, 1.82) is 0 Å². The Balaban J connectivity index is 1.81. The van der Waals surface area contributed by atoms with Gasteiger partial charge in [-0.1, -0.05) is 24.3 Å². The van der Waals surface area contributed by atoms with Crippen molar-refractivity contribution in [3.8, 4) is 0 Å². The Labute approximate surface area is 158 Å². The van der Waals surface area contributed by atoms with E-state index in [1.165, 1.54) is 42.5 Å². The molecule has 0 aliphatic rings. The Hall–Kier alpha value is -3.13. The second-order valence-electron chi connectivity index (χ2n) is 5.96. The van der Waals surface area contributed by atoms with Crippen LogP contribution in [0.4, 0.5) is 15.2 Å². The molecule has 8 heteroatoms. The zero-order valence-electron chi connectivity index (χ0n) is 14.7. The third-order valence-corrected chi connectivity index (χ3v) is 5.24. The highest BCUT2D eigenvalue weighted by atomic mass is 32.1.